The molecule has 1 N–H and O–H groups in total. The molecule has 0 aromatic rings. The quantitative estimate of drug-likeness (QED) is 0.489. The van der Waals surface area contributed by atoms with Crippen molar-refractivity contribution in [2.45, 2.75) is 6.17 Å². The average molecular weight is 152 g/mol. The highest BCUT2D eigenvalue weighted by molar-refractivity contribution is 5.87. The van der Waals surface area contributed by atoms with E-state index in [0.717, 1.165) is 0 Å². The predicted molar refractivity (Wildman–Crippen MR) is 39.2 cm³/mol. The molecule has 0 aliphatic carbocycles. The van der Waals surface area contributed by atoms with Crippen LogP contribution in [0.3, 0.4) is 0 Å². The topological polar surface area (TPSA) is 47.9 Å². The third-order valence-corrected chi connectivity index (χ3v) is 1.71. The molecule has 1 atom stereocenters. The number of hydrazone groups is 1. The molecule has 0 bridgehead atoms. The van der Waals surface area contributed by atoms with Gasteiger partial charge in [0, 0.05) is 19.4 Å². The molecule has 0 aromatic carbocycles. The second kappa shape index (κ2) is 1.98. The molecule has 5 heteroatoms. The lowest BCUT2D eigenvalue weighted by Gasteiger charge is -2.27. The first-order chi connectivity index (χ1) is 5.29. The van der Waals surface area contributed by atoms with Gasteiger partial charge in [0.15, 0.2) is 6.17 Å². The number of rotatable bonds is 0. The van der Waals surface area contributed by atoms with Gasteiger partial charge in [0.1, 0.15) is 6.34 Å². The molecule has 2 heterocycles. The van der Waals surface area contributed by atoms with Crippen molar-refractivity contribution in [3.05, 3.63) is 12.4 Å². The Morgan fingerprint density at radius 2 is 2.55 bits per heavy atom. The first-order valence-corrected chi connectivity index (χ1v) is 3.31. The van der Waals surface area contributed by atoms with Crippen LogP contribution in [0.4, 0.5) is 0 Å². The van der Waals surface area contributed by atoms with Gasteiger partial charge in [-0.05, 0) is 0 Å². The molecule has 0 aromatic heterocycles. The van der Waals surface area contributed by atoms with Crippen molar-refractivity contribution in [3.8, 4) is 0 Å². The Labute approximate surface area is 64.0 Å². The summed E-state index contributed by atoms with van der Waals surface area (Å²) in [6.45, 7) is 0. The number of nitrogens with zero attached hydrogens (tertiary/aromatic N) is 3. The van der Waals surface area contributed by atoms with Gasteiger partial charge in [-0.25, -0.2) is 5.01 Å². The normalized spacial score (nSPS) is 27.4. The van der Waals surface area contributed by atoms with Crippen LogP contribution in [0.1, 0.15) is 0 Å². The number of likely N-dealkylation sites (N-methyl/N-ethyl adjacent to an activating group) is 1. The Hall–Kier alpha value is -1.52. The second-order valence-corrected chi connectivity index (χ2v) is 2.42. The fourth-order valence-electron chi connectivity index (χ4n) is 1.07. The van der Waals surface area contributed by atoms with Crippen LogP contribution in [0.2, 0.25) is 0 Å². The molecular weight excluding hydrogens is 144 g/mol. The van der Waals surface area contributed by atoms with E-state index in [0.29, 0.717) is 0 Å². The maximum absolute atomic E-state index is 11.3. The summed E-state index contributed by atoms with van der Waals surface area (Å²) >= 11 is 0. The van der Waals surface area contributed by atoms with Crippen molar-refractivity contribution in [1.29, 1.82) is 0 Å². The van der Waals surface area contributed by atoms with E-state index in [1.54, 1.807) is 30.7 Å². The van der Waals surface area contributed by atoms with Gasteiger partial charge in [0.05, 0.1) is 0 Å². The first-order valence-electron chi connectivity index (χ1n) is 3.31. The zero-order valence-corrected chi connectivity index (χ0v) is 6.06. The van der Waals surface area contributed by atoms with Crippen LogP contribution in [-0.2, 0) is 4.79 Å². The van der Waals surface area contributed by atoms with E-state index < -0.39 is 0 Å². The number of carbonyl (C=O) groups excluding carboxylic acids is 1. The summed E-state index contributed by atoms with van der Waals surface area (Å²) in [5.41, 5.74) is 0. The minimum atomic E-state index is -0.280. The minimum Gasteiger partial charge on any atom is -0.362 e. The Morgan fingerprint density at radius 1 is 1.73 bits per heavy atom. The molecule has 1 unspecified atom stereocenters. The van der Waals surface area contributed by atoms with Crippen LogP contribution >= 0.6 is 0 Å². The molecule has 5 nitrogen and oxygen atoms in total. The van der Waals surface area contributed by atoms with E-state index in [1.807, 2.05) is 0 Å². The van der Waals surface area contributed by atoms with Crippen LogP contribution in [0, 0.1) is 0 Å². The summed E-state index contributed by atoms with van der Waals surface area (Å²) in [7, 11) is 1.64. The standard InChI is InChI=1S/C6H8N4O/c1-9-6(11)5-7-2-3-10(5)4-8-9/h2-5,7H,1H3. The lowest BCUT2D eigenvalue weighted by atomic mass is 10.4. The molecular formula is C6H8N4O. The maximum atomic E-state index is 11.3. The third kappa shape index (κ3) is 0.772. The van der Waals surface area contributed by atoms with Gasteiger partial charge in [-0.1, -0.05) is 0 Å². The van der Waals surface area contributed by atoms with Gasteiger partial charge in [-0.15, -0.1) is 0 Å². The van der Waals surface area contributed by atoms with Crippen LogP contribution in [0.25, 0.3) is 0 Å². The fourth-order valence-corrected chi connectivity index (χ4v) is 1.07. The summed E-state index contributed by atoms with van der Waals surface area (Å²) in [6.07, 6.45) is 4.84. The first kappa shape index (κ1) is 6.21. The molecule has 58 valence electrons. The Morgan fingerprint density at radius 3 is 3.36 bits per heavy atom. The third-order valence-electron chi connectivity index (χ3n) is 1.71. The smallest absolute Gasteiger partial charge is 0.286 e. The molecule has 0 fully saturated rings. The molecule has 1 amide bonds. The molecule has 0 spiro atoms. The van der Waals surface area contributed by atoms with Gasteiger partial charge >= 0.3 is 0 Å². The molecule has 2 aliphatic rings. The number of carbonyl (C=O) groups is 1. The molecule has 0 saturated heterocycles. The highest BCUT2D eigenvalue weighted by Gasteiger charge is 2.30. The lowest BCUT2D eigenvalue weighted by Crippen LogP contribution is -2.50. The number of nitrogens with one attached hydrogen (secondary N) is 1. The maximum Gasteiger partial charge on any atom is 0.286 e. The lowest BCUT2D eigenvalue weighted by molar-refractivity contribution is -0.135. The monoisotopic (exact) mass is 152 g/mol. The van der Waals surface area contributed by atoms with Crippen molar-refractivity contribution in [2.75, 3.05) is 7.05 Å². The van der Waals surface area contributed by atoms with E-state index in [1.165, 1.54) is 5.01 Å². The largest absolute Gasteiger partial charge is 0.362 e. The van der Waals surface area contributed by atoms with Crippen molar-refractivity contribution in [2.24, 2.45) is 5.10 Å². The zero-order valence-electron chi connectivity index (χ0n) is 6.06. The van der Waals surface area contributed by atoms with E-state index in [4.69, 9.17) is 0 Å². The van der Waals surface area contributed by atoms with Crippen molar-refractivity contribution >= 4 is 12.2 Å². The SMILES string of the molecule is CN1N=CN2C=CNC2C1=O. The zero-order chi connectivity index (χ0) is 7.84. The van der Waals surface area contributed by atoms with Gasteiger partial charge < -0.3 is 10.2 Å². The van der Waals surface area contributed by atoms with Crippen LogP contribution in [-0.4, -0.2) is 35.4 Å². The van der Waals surface area contributed by atoms with Crippen LogP contribution in [0.15, 0.2) is 17.5 Å². The molecule has 0 saturated carbocycles. The van der Waals surface area contributed by atoms with Gasteiger partial charge in [-0.3, -0.25) is 4.79 Å². The number of hydrogen-bond acceptors (Lipinski definition) is 4. The van der Waals surface area contributed by atoms with Crippen LogP contribution < -0.4 is 5.32 Å². The molecule has 11 heavy (non-hydrogen) atoms. The Balaban J connectivity index is 2.28. The second-order valence-electron chi connectivity index (χ2n) is 2.42. The fraction of sp³-hybridized carbons (Fsp3) is 0.333. The van der Waals surface area contributed by atoms with Crippen molar-refractivity contribution < 1.29 is 4.79 Å². The number of amides is 1. The Bertz CT molecular complexity index is 247. The Kier molecular flexibility index (Phi) is 1.12. The summed E-state index contributed by atoms with van der Waals surface area (Å²) < 4.78 is 0. The van der Waals surface area contributed by atoms with Crippen LogP contribution in [0.5, 0.6) is 0 Å². The van der Waals surface area contributed by atoms with Crippen molar-refractivity contribution in [1.82, 2.24) is 15.2 Å². The van der Waals surface area contributed by atoms with Gasteiger partial charge in [-0.2, -0.15) is 5.10 Å². The summed E-state index contributed by atoms with van der Waals surface area (Å²) in [4.78, 5) is 13.0. The van der Waals surface area contributed by atoms with E-state index >= 15 is 0 Å². The molecule has 2 aliphatic heterocycles. The highest BCUT2D eigenvalue weighted by atomic mass is 16.2. The summed E-state index contributed by atoms with van der Waals surface area (Å²) in [5.74, 6) is -0.0440. The number of fused-ring (bicyclic) bond motifs is 1. The highest BCUT2D eigenvalue weighted by Crippen LogP contribution is 2.09. The van der Waals surface area contributed by atoms with Gasteiger partial charge in [0.2, 0.25) is 0 Å². The minimum absolute atomic E-state index is 0.0440. The number of hydrogen-bond donors (Lipinski definition) is 1. The predicted octanol–water partition coefficient (Wildman–Crippen LogP) is -0.896. The van der Waals surface area contributed by atoms with E-state index in [2.05, 4.69) is 10.4 Å². The summed E-state index contributed by atoms with van der Waals surface area (Å²) in [6, 6.07) is 0. The van der Waals surface area contributed by atoms with E-state index in [-0.39, 0.29) is 12.1 Å². The van der Waals surface area contributed by atoms with Gasteiger partial charge in [0.25, 0.3) is 5.91 Å². The molecule has 0 radical (unpaired) electrons. The molecule has 2 rings (SSSR count). The summed E-state index contributed by atoms with van der Waals surface area (Å²) in [5, 5.41) is 8.07. The van der Waals surface area contributed by atoms with E-state index in [9.17, 15) is 4.79 Å². The van der Waals surface area contributed by atoms with Crippen molar-refractivity contribution in [3.63, 3.8) is 0 Å². The average Bonchev–Trinajstić information content (AvgIpc) is 2.45.